The summed E-state index contributed by atoms with van der Waals surface area (Å²) in [5, 5.41) is 0. The van der Waals surface area contributed by atoms with E-state index in [2.05, 4.69) is 12.1 Å². The number of hydrogen-bond acceptors (Lipinski definition) is 2. The Balaban J connectivity index is 2.09. The topological polar surface area (TPSA) is 35.2 Å². The molecule has 2 nitrogen and oxygen atoms in total. The van der Waals surface area contributed by atoms with Crippen LogP contribution in [0.15, 0.2) is 30.3 Å². The smallest absolute Gasteiger partial charge is 0.106 e. The molecular formula is C13H19NO. The molecule has 0 bridgehead atoms. The maximum Gasteiger partial charge on any atom is 0.106 e. The van der Waals surface area contributed by atoms with Gasteiger partial charge in [0.25, 0.3) is 0 Å². The molecule has 1 aromatic carbocycles. The van der Waals surface area contributed by atoms with Crippen LogP contribution in [0.1, 0.15) is 43.8 Å². The lowest BCUT2D eigenvalue weighted by Gasteiger charge is -2.28. The lowest BCUT2D eigenvalue weighted by Crippen LogP contribution is -2.21. The van der Waals surface area contributed by atoms with Gasteiger partial charge in [-0.2, -0.15) is 0 Å². The molecule has 2 heteroatoms. The van der Waals surface area contributed by atoms with Crippen molar-refractivity contribution in [3.63, 3.8) is 0 Å². The van der Waals surface area contributed by atoms with Gasteiger partial charge in [-0.3, -0.25) is 4.84 Å². The van der Waals surface area contributed by atoms with Crippen molar-refractivity contribution >= 4 is 0 Å². The molecule has 1 fully saturated rings. The summed E-state index contributed by atoms with van der Waals surface area (Å²) < 4.78 is 0. The summed E-state index contributed by atoms with van der Waals surface area (Å²) in [5.41, 5.74) is 1.21. The summed E-state index contributed by atoms with van der Waals surface area (Å²) >= 11 is 0. The minimum Gasteiger partial charge on any atom is -0.296 e. The average Bonchev–Trinajstić information content (AvgIpc) is 2.33. The van der Waals surface area contributed by atoms with Crippen LogP contribution in [0.4, 0.5) is 0 Å². The van der Waals surface area contributed by atoms with Crippen LogP contribution >= 0.6 is 0 Å². The van der Waals surface area contributed by atoms with Crippen LogP contribution in [-0.4, -0.2) is 0 Å². The van der Waals surface area contributed by atoms with Crippen molar-refractivity contribution in [3.05, 3.63) is 35.9 Å². The molecule has 82 valence electrons. The van der Waals surface area contributed by atoms with E-state index in [-0.39, 0.29) is 6.10 Å². The van der Waals surface area contributed by atoms with Gasteiger partial charge in [0.15, 0.2) is 0 Å². The predicted octanol–water partition coefficient (Wildman–Crippen LogP) is 3.20. The van der Waals surface area contributed by atoms with Gasteiger partial charge in [0.2, 0.25) is 0 Å². The van der Waals surface area contributed by atoms with E-state index in [1.165, 1.54) is 37.7 Å². The molecule has 0 radical (unpaired) electrons. The van der Waals surface area contributed by atoms with E-state index >= 15 is 0 Å². The number of nitrogens with two attached hydrogens (primary N) is 1. The second-order valence-electron chi connectivity index (χ2n) is 4.37. The van der Waals surface area contributed by atoms with Crippen molar-refractivity contribution in [2.45, 2.75) is 38.2 Å². The van der Waals surface area contributed by atoms with Gasteiger partial charge >= 0.3 is 0 Å². The molecule has 0 heterocycles. The van der Waals surface area contributed by atoms with Crippen LogP contribution in [-0.2, 0) is 4.84 Å². The highest BCUT2D eigenvalue weighted by atomic mass is 16.6. The quantitative estimate of drug-likeness (QED) is 0.769. The van der Waals surface area contributed by atoms with Gasteiger partial charge in [0.05, 0.1) is 0 Å². The van der Waals surface area contributed by atoms with Crippen molar-refractivity contribution in [1.29, 1.82) is 0 Å². The molecule has 2 N–H and O–H groups in total. The zero-order chi connectivity index (χ0) is 10.5. The minimum absolute atomic E-state index is 0.0894. The monoisotopic (exact) mass is 205 g/mol. The Morgan fingerprint density at radius 1 is 1.07 bits per heavy atom. The van der Waals surface area contributed by atoms with Crippen molar-refractivity contribution in [1.82, 2.24) is 0 Å². The fourth-order valence-corrected chi connectivity index (χ4v) is 2.54. The molecule has 0 saturated heterocycles. The number of hydrogen-bond donors (Lipinski definition) is 1. The third-order valence-corrected chi connectivity index (χ3v) is 3.35. The molecule has 1 saturated carbocycles. The van der Waals surface area contributed by atoms with Crippen LogP contribution in [0, 0.1) is 5.92 Å². The van der Waals surface area contributed by atoms with E-state index < -0.39 is 0 Å². The van der Waals surface area contributed by atoms with E-state index in [4.69, 9.17) is 10.7 Å². The summed E-state index contributed by atoms with van der Waals surface area (Å²) in [6.45, 7) is 0. The number of rotatable bonds is 3. The third-order valence-electron chi connectivity index (χ3n) is 3.35. The zero-order valence-electron chi connectivity index (χ0n) is 9.06. The van der Waals surface area contributed by atoms with E-state index in [0.29, 0.717) is 5.92 Å². The highest BCUT2D eigenvalue weighted by Crippen LogP contribution is 2.35. The summed E-state index contributed by atoms with van der Waals surface area (Å²) in [5.74, 6) is 6.04. The Kier molecular flexibility index (Phi) is 3.75. The molecule has 1 aromatic rings. The lowest BCUT2D eigenvalue weighted by atomic mass is 9.83. The first-order chi connectivity index (χ1) is 7.42. The van der Waals surface area contributed by atoms with Gasteiger partial charge in [0, 0.05) is 0 Å². The third kappa shape index (κ3) is 2.58. The lowest BCUT2D eigenvalue weighted by molar-refractivity contribution is -0.00275. The highest BCUT2D eigenvalue weighted by molar-refractivity contribution is 5.18. The van der Waals surface area contributed by atoms with Crippen LogP contribution in [0.3, 0.4) is 0 Å². The fourth-order valence-electron chi connectivity index (χ4n) is 2.54. The summed E-state index contributed by atoms with van der Waals surface area (Å²) in [7, 11) is 0. The first-order valence-electron chi connectivity index (χ1n) is 5.82. The van der Waals surface area contributed by atoms with E-state index in [0.717, 1.165) is 0 Å². The van der Waals surface area contributed by atoms with Gasteiger partial charge in [-0.15, -0.1) is 0 Å². The molecule has 0 spiro atoms. The molecular weight excluding hydrogens is 186 g/mol. The molecule has 0 amide bonds. The molecule has 1 aliphatic carbocycles. The zero-order valence-corrected chi connectivity index (χ0v) is 9.06. The van der Waals surface area contributed by atoms with Crippen LogP contribution in [0.25, 0.3) is 0 Å². The van der Waals surface area contributed by atoms with Crippen molar-refractivity contribution < 1.29 is 4.84 Å². The minimum atomic E-state index is 0.0894. The number of benzene rings is 1. The van der Waals surface area contributed by atoms with E-state index in [9.17, 15) is 0 Å². The summed E-state index contributed by atoms with van der Waals surface area (Å²) in [6.07, 6.45) is 6.58. The van der Waals surface area contributed by atoms with Gasteiger partial charge in [-0.1, -0.05) is 49.6 Å². The molecule has 1 atom stereocenters. The Morgan fingerprint density at radius 3 is 2.33 bits per heavy atom. The van der Waals surface area contributed by atoms with Crippen molar-refractivity contribution in [3.8, 4) is 0 Å². The molecule has 2 rings (SSSR count). The van der Waals surface area contributed by atoms with Gasteiger partial charge in [0.1, 0.15) is 6.10 Å². The summed E-state index contributed by atoms with van der Waals surface area (Å²) in [4.78, 5) is 5.18. The first kappa shape index (κ1) is 10.7. The summed E-state index contributed by atoms with van der Waals surface area (Å²) in [6, 6.07) is 10.3. The highest BCUT2D eigenvalue weighted by Gasteiger charge is 2.25. The van der Waals surface area contributed by atoms with Gasteiger partial charge in [-0.05, 0) is 24.3 Å². The Bertz CT molecular complexity index is 280. The molecule has 0 aromatic heterocycles. The average molecular weight is 205 g/mol. The predicted molar refractivity (Wildman–Crippen MR) is 61.0 cm³/mol. The van der Waals surface area contributed by atoms with Gasteiger partial charge < -0.3 is 0 Å². The largest absolute Gasteiger partial charge is 0.296 e. The van der Waals surface area contributed by atoms with Crippen molar-refractivity contribution in [2.75, 3.05) is 0 Å². The fraction of sp³-hybridized carbons (Fsp3) is 0.538. The Labute approximate surface area is 91.4 Å². The van der Waals surface area contributed by atoms with Crippen molar-refractivity contribution in [2.24, 2.45) is 11.8 Å². The molecule has 0 aliphatic heterocycles. The maximum absolute atomic E-state index is 5.44. The van der Waals surface area contributed by atoms with Crippen LogP contribution in [0.5, 0.6) is 0 Å². The normalized spacial score (nSPS) is 20.1. The molecule has 1 aliphatic rings. The van der Waals surface area contributed by atoms with E-state index in [1.54, 1.807) is 0 Å². The SMILES string of the molecule is NOC(c1ccccc1)C1CCCCC1. The second kappa shape index (κ2) is 5.29. The first-order valence-corrected chi connectivity index (χ1v) is 5.82. The second-order valence-corrected chi connectivity index (χ2v) is 4.37. The van der Waals surface area contributed by atoms with Crippen LogP contribution in [0.2, 0.25) is 0 Å². The molecule has 15 heavy (non-hydrogen) atoms. The molecule has 1 unspecified atom stereocenters. The Morgan fingerprint density at radius 2 is 1.73 bits per heavy atom. The standard InChI is InChI=1S/C13H19NO/c14-15-13(11-7-3-1-4-8-11)12-9-5-2-6-10-12/h1,3-4,7-8,12-13H,2,5-6,9-10,14H2. The maximum atomic E-state index is 5.44. The van der Waals surface area contributed by atoms with Gasteiger partial charge in [-0.25, -0.2) is 5.90 Å². The Hall–Kier alpha value is -0.860. The van der Waals surface area contributed by atoms with E-state index in [1.807, 2.05) is 18.2 Å². The van der Waals surface area contributed by atoms with Crippen LogP contribution < -0.4 is 5.90 Å².